The van der Waals surface area contributed by atoms with E-state index in [0.717, 1.165) is 24.5 Å². The van der Waals surface area contributed by atoms with Crippen molar-refractivity contribution in [2.45, 2.75) is 32.9 Å². The van der Waals surface area contributed by atoms with Gasteiger partial charge in [-0.3, -0.25) is 4.79 Å². The maximum atomic E-state index is 10.7. The third kappa shape index (κ3) is 4.34. The molecule has 0 unspecified atom stereocenters. The van der Waals surface area contributed by atoms with Crippen LogP contribution in [0, 0.1) is 0 Å². The van der Waals surface area contributed by atoms with Gasteiger partial charge in [0.1, 0.15) is 0 Å². The number of aliphatic carboxylic acids is 1. The van der Waals surface area contributed by atoms with E-state index in [1.165, 1.54) is 0 Å². The fraction of sp³-hybridized carbons (Fsp3) is 0.375. The van der Waals surface area contributed by atoms with Crippen molar-refractivity contribution >= 4 is 11.7 Å². The molecule has 5 nitrogen and oxygen atoms in total. The Morgan fingerprint density at radius 3 is 2.76 bits per heavy atom. The van der Waals surface area contributed by atoms with E-state index in [9.17, 15) is 4.79 Å². The number of rotatable bonds is 8. The Kier molecular flexibility index (Phi) is 5.37. The monoisotopic (exact) mass is 287 g/mol. The summed E-state index contributed by atoms with van der Waals surface area (Å²) < 4.78 is 2.10. The number of carboxylic acid groups (broad SMARTS) is 1. The second-order valence-corrected chi connectivity index (χ2v) is 4.93. The smallest absolute Gasteiger partial charge is 0.303 e. The van der Waals surface area contributed by atoms with Crippen LogP contribution in [0.2, 0.25) is 0 Å². The first kappa shape index (κ1) is 15.1. The molecule has 0 saturated heterocycles. The molecule has 0 saturated carbocycles. The zero-order valence-electron chi connectivity index (χ0n) is 12.3. The lowest BCUT2D eigenvalue weighted by molar-refractivity contribution is -0.137. The van der Waals surface area contributed by atoms with Gasteiger partial charge in [0.15, 0.2) is 0 Å². The summed E-state index contributed by atoms with van der Waals surface area (Å²) in [5.41, 5.74) is 2.24. The molecule has 2 rings (SSSR count). The molecule has 1 aromatic carbocycles. The Morgan fingerprint density at radius 2 is 2.10 bits per heavy atom. The molecule has 5 heteroatoms. The highest BCUT2D eigenvalue weighted by Crippen LogP contribution is 2.17. The van der Waals surface area contributed by atoms with Gasteiger partial charge in [-0.05, 0) is 25.5 Å². The van der Waals surface area contributed by atoms with Crippen LogP contribution in [0.15, 0.2) is 42.9 Å². The number of para-hydroxylation sites is 1. The number of hydrogen-bond donors (Lipinski definition) is 1. The molecule has 0 amide bonds. The third-order valence-electron chi connectivity index (χ3n) is 3.43. The maximum absolute atomic E-state index is 10.7. The number of aryl methyl sites for hydroxylation is 1. The second kappa shape index (κ2) is 7.47. The number of carbonyl (C=O) groups is 1. The van der Waals surface area contributed by atoms with Crippen LogP contribution in [-0.4, -0.2) is 27.2 Å². The lowest BCUT2D eigenvalue weighted by Crippen LogP contribution is -2.25. The Labute approximate surface area is 124 Å². The van der Waals surface area contributed by atoms with Gasteiger partial charge in [-0.15, -0.1) is 0 Å². The van der Waals surface area contributed by atoms with Crippen LogP contribution in [0.1, 0.15) is 25.5 Å². The van der Waals surface area contributed by atoms with Crippen LogP contribution in [0.25, 0.3) is 0 Å². The highest BCUT2D eigenvalue weighted by Gasteiger charge is 2.10. The molecule has 0 bridgehead atoms. The van der Waals surface area contributed by atoms with Crippen LogP contribution < -0.4 is 4.90 Å². The first-order valence-electron chi connectivity index (χ1n) is 7.21. The fourth-order valence-electron chi connectivity index (χ4n) is 2.32. The molecule has 0 aliphatic rings. The molecule has 0 aliphatic carbocycles. The molecular formula is C16H21N3O2. The molecule has 1 N–H and O–H groups in total. The molecule has 112 valence electrons. The van der Waals surface area contributed by atoms with Gasteiger partial charge in [0.05, 0.1) is 18.6 Å². The molecule has 0 radical (unpaired) electrons. The van der Waals surface area contributed by atoms with Gasteiger partial charge in [-0.1, -0.05) is 18.2 Å². The Balaban J connectivity index is 2.10. The SMILES string of the molecule is CCn1cncc1CN(CCCC(=O)O)c1ccccc1. The highest BCUT2D eigenvalue weighted by molar-refractivity contribution is 5.66. The molecule has 0 aliphatic heterocycles. The number of aromatic nitrogens is 2. The van der Waals surface area contributed by atoms with E-state index >= 15 is 0 Å². The van der Waals surface area contributed by atoms with Crippen LogP contribution >= 0.6 is 0 Å². The average Bonchev–Trinajstić information content (AvgIpc) is 2.94. The van der Waals surface area contributed by atoms with Gasteiger partial charge in [0.2, 0.25) is 0 Å². The number of benzene rings is 1. The molecule has 1 heterocycles. The second-order valence-electron chi connectivity index (χ2n) is 4.93. The number of imidazole rings is 1. The van der Waals surface area contributed by atoms with E-state index in [-0.39, 0.29) is 6.42 Å². The van der Waals surface area contributed by atoms with Crippen molar-refractivity contribution in [3.63, 3.8) is 0 Å². The highest BCUT2D eigenvalue weighted by atomic mass is 16.4. The summed E-state index contributed by atoms with van der Waals surface area (Å²) in [6.07, 6.45) is 4.52. The lowest BCUT2D eigenvalue weighted by atomic mass is 10.2. The molecule has 0 spiro atoms. The Hall–Kier alpha value is -2.30. The molecule has 0 fully saturated rings. The van der Waals surface area contributed by atoms with Crippen LogP contribution in [0.5, 0.6) is 0 Å². The standard InChI is InChI=1S/C16H21N3O2/c1-2-18-13-17-11-15(18)12-19(10-6-9-16(20)21)14-7-4-3-5-8-14/h3-5,7-8,11,13H,2,6,9-10,12H2,1H3,(H,20,21). The predicted molar refractivity (Wildman–Crippen MR) is 82.3 cm³/mol. The van der Waals surface area contributed by atoms with Gasteiger partial charge in [-0.2, -0.15) is 0 Å². The summed E-state index contributed by atoms with van der Waals surface area (Å²) >= 11 is 0. The van der Waals surface area contributed by atoms with Crippen LogP contribution in [0.3, 0.4) is 0 Å². The first-order chi connectivity index (χ1) is 10.2. The van der Waals surface area contributed by atoms with E-state index in [0.29, 0.717) is 13.0 Å². The van der Waals surface area contributed by atoms with Gasteiger partial charge in [0, 0.05) is 31.4 Å². The van der Waals surface area contributed by atoms with Gasteiger partial charge in [-0.25, -0.2) is 4.98 Å². The molecule has 1 aromatic heterocycles. The zero-order valence-corrected chi connectivity index (χ0v) is 12.3. The molecular weight excluding hydrogens is 266 g/mol. The van der Waals surface area contributed by atoms with Crippen molar-refractivity contribution in [3.8, 4) is 0 Å². The van der Waals surface area contributed by atoms with E-state index in [4.69, 9.17) is 5.11 Å². The van der Waals surface area contributed by atoms with E-state index in [1.807, 2.05) is 42.9 Å². The van der Waals surface area contributed by atoms with Gasteiger partial charge < -0.3 is 14.6 Å². The summed E-state index contributed by atoms with van der Waals surface area (Å²) in [6, 6.07) is 10.1. The summed E-state index contributed by atoms with van der Waals surface area (Å²) in [6.45, 7) is 4.41. The minimum Gasteiger partial charge on any atom is -0.481 e. The van der Waals surface area contributed by atoms with Crippen LogP contribution in [-0.2, 0) is 17.9 Å². The Morgan fingerprint density at radius 1 is 1.33 bits per heavy atom. The van der Waals surface area contributed by atoms with Crippen molar-refractivity contribution in [2.75, 3.05) is 11.4 Å². The van der Waals surface area contributed by atoms with Crippen molar-refractivity contribution in [1.82, 2.24) is 9.55 Å². The maximum Gasteiger partial charge on any atom is 0.303 e. The molecule has 21 heavy (non-hydrogen) atoms. The number of carboxylic acids is 1. The average molecular weight is 287 g/mol. The summed E-state index contributed by atoms with van der Waals surface area (Å²) in [5, 5.41) is 8.80. The largest absolute Gasteiger partial charge is 0.481 e. The number of hydrogen-bond acceptors (Lipinski definition) is 3. The quantitative estimate of drug-likeness (QED) is 0.811. The molecule has 0 atom stereocenters. The summed E-state index contributed by atoms with van der Waals surface area (Å²) in [4.78, 5) is 17.1. The summed E-state index contributed by atoms with van der Waals surface area (Å²) in [7, 11) is 0. The van der Waals surface area contributed by atoms with E-state index < -0.39 is 5.97 Å². The van der Waals surface area contributed by atoms with Crippen molar-refractivity contribution < 1.29 is 9.90 Å². The normalized spacial score (nSPS) is 10.5. The van der Waals surface area contributed by atoms with E-state index in [1.54, 1.807) is 0 Å². The van der Waals surface area contributed by atoms with E-state index in [2.05, 4.69) is 21.4 Å². The minimum atomic E-state index is -0.749. The van der Waals surface area contributed by atoms with Crippen LogP contribution in [0.4, 0.5) is 5.69 Å². The van der Waals surface area contributed by atoms with Gasteiger partial charge in [0.25, 0.3) is 0 Å². The third-order valence-corrected chi connectivity index (χ3v) is 3.43. The summed E-state index contributed by atoms with van der Waals surface area (Å²) in [5.74, 6) is -0.749. The fourth-order valence-corrected chi connectivity index (χ4v) is 2.32. The van der Waals surface area contributed by atoms with Crippen molar-refractivity contribution in [3.05, 3.63) is 48.5 Å². The number of nitrogens with zero attached hydrogens (tertiary/aromatic N) is 3. The topological polar surface area (TPSA) is 58.4 Å². The molecule has 2 aromatic rings. The minimum absolute atomic E-state index is 0.191. The van der Waals surface area contributed by atoms with Crippen molar-refractivity contribution in [1.29, 1.82) is 0 Å². The first-order valence-corrected chi connectivity index (χ1v) is 7.21. The lowest BCUT2D eigenvalue weighted by Gasteiger charge is -2.25. The Bertz CT molecular complexity index is 566. The van der Waals surface area contributed by atoms with Gasteiger partial charge >= 0.3 is 5.97 Å². The van der Waals surface area contributed by atoms with Crippen molar-refractivity contribution in [2.24, 2.45) is 0 Å². The number of anilines is 1. The zero-order chi connectivity index (χ0) is 15.1. The predicted octanol–water partition coefficient (Wildman–Crippen LogP) is 2.77.